The number of carboxylic acids is 1. The minimum atomic E-state index is -1.25. The molecule has 2 rings (SSSR count). The van der Waals surface area contributed by atoms with Crippen LogP contribution in [0.3, 0.4) is 0 Å². The van der Waals surface area contributed by atoms with Crippen LogP contribution in [0.4, 0.5) is 0 Å². The van der Waals surface area contributed by atoms with Crippen molar-refractivity contribution in [3.63, 3.8) is 0 Å². The Morgan fingerprint density at radius 2 is 2.17 bits per heavy atom. The summed E-state index contributed by atoms with van der Waals surface area (Å²) in [6.07, 6.45) is 2.83. The van der Waals surface area contributed by atoms with Crippen molar-refractivity contribution in [1.29, 1.82) is 0 Å². The topological polar surface area (TPSA) is 75.4 Å². The third kappa shape index (κ3) is 1.97. The predicted octanol–water partition coefficient (Wildman–Crippen LogP) is 1.05. The van der Waals surface area contributed by atoms with Crippen LogP contribution < -0.4 is 10.4 Å². The van der Waals surface area contributed by atoms with Gasteiger partial charge in [0.1, 0.15) is 5.56 Å². The van der Waals surface area contributed by atoms with E-state index < -0.39 is 11.4 Å². The molecule has 0 radical (unpaired) electrons. The van der Waals surface area contributed by atoms with Crippen LogP contribution in [-0.4, -0.2) is 34.8 Å². The lowest BCUT2D eigenvalue weighted by Crippen LogP contribution is -2.30. The zero-order chi connectivity index (χ0) is 13.4. The van der Waals surface area contributed by atoms with Crippen LogP contribution in [0.1, 0.15) is 10.4 Å². The highest BCUT2D eigenvalue weighted by atomic mass is 79.9. The van der Waals surface area contributed by atoms with E-state index in [1.165, 1.54) is 10.9 Å². The third-order valence-electron chi connectivity index (χ3n) is 2.45. The number of nitrogens with zero attached hydrogens (tertiary/aromatic N) is 3. The van der Waals surface area contributed by atoms with Crippen molar-refractivity contribution >= 4 is 32.9 Å². The molecule has 94 valence electrons. The van der Waals surface area contributed by atoms with E-state index in [1.54, 1.807) is 31.4 Å². The van der Waals surface area contributed by atoms with Crippen LogP contribution in [0.2, 0.25) is 0 Å². The molecule has 6 nitrogen and oxygen atoms in total. The summed E-state index contributed by atoms with van der Waals surface area (Å²) >= 11 is 3.22. The van der Waals surface area contributed by atoms with Crippen molar-refractivity contribution in [2.24, 2.45) is 0 Å². The quantitative estimate of drug-likeness (QED) is 0.897. The fourth-order valence-electron chi connectivity index (χ4n) is 1.63. The number of halogens is 1. The molecule has 0 aliphatic carbocycles. The van der Waals surface area contributed by atoms with E-state index in [1.807, 2.05) is 0 Å². The fraction of sp³-hybridized carbons (Fsp3) is 0.182. The predicted molar refractivity (Wildman–Crippen MR) is 70.7 cm³/mol. The summed E-state index contributed by atoms with van der Waals surface area (Å²) in [5.74, 6) is -1.25. The van der Waals surface area contributed by atoms with Crippen molar-refractivity contribution < 1.29 is 9.90 Å². The molecule has 0 saturated heterocycles. The molecule has 18 heavy (non-hydrogen) atoms. The Hall–Kier alpha value is -1.89. The maximum absolute atomic E-state index is 12.0. The summed E-state index contributed by atoms with van der Waals surface area (Å²) in [5.41, 5.74) is -0.404. The minimum Gasteiger partial charge on any atom is -0.477 e. The molecule has 0 aromatic carbocycles. The summed E-state index contributed by atoms with van der Waals surface area (Å²) in [6.45, 7) is 0. The highest BCUT2D eigenvalue weighted by Gasteiger charge is 2.16. The van der Waals surface area contributed by atoms with Crippen molar-refractivity contribution in [2.75, 3.05) is 19.1 Å². The second kappa shape index (κ2) is 4.41. The molecule has 2 heterocycles. The molecule has 0 aliphatic heterocycles. The number of carboxylic acid groups (broad SMARTS) is 1. The summed E-state index contributed by atoms with van der Waals surface area (Å²) in [5, 5.41) is 10.9. The Bertz CT molecular complexity index is 694. The van der Waals surface area contributed by atoms with Crippen LogP contribution in [-0.2, 0) is 0 Å². The molecule has 0 amide bonds. The van der Waals surface area contributed by atoms with Crippen LogP contribution in [0.15, 0.2) is 27.7 Å². The van der Waals surface area contributed by atoms with Gasteiger partial charge in [-0.1, -0.05) is 0 Å². The smallest absolute Gasteiger partial charge is 0.341 e. The summed E-state index contributed by atoms with van der Waals surface area (Å²) in [6, 6.07) is 1.57. The highest BCUT2D eigenvalue weighted by molar-refractivity contribution is 9.10. The Morgan fingerprint density at radius 1 is 1.50 bits per heavy atom. The zero-order valence-electron chi connectivity index (χ0n) is 9.72. The van der Waals surface area contributed by atoms with E-state index in [0.29, 0.717) is 10.1 Å². The van der Waals surface area contributed by atoms with E-state index in [2.05, 4.69) is 20.9 Å². The first-order valence-electron chi connectivity index (χ1n) is 5.03. The lowest BCUT2D eigenvalue weighted by Gasteiger charge is -2.19. The van der Waals surface area contributed by atoms with Crippen LogP contribution >= 0.6 is 15.9 Å². The molecular weight excluding hydrogens is 302 g/mol. The number of hydrogen-bond donors (Lipinski definition) is 1. The zero-order valence-corrected chi connectivity index (χ0v) is 11.3. The molecule has 7 heteroatoms. The summed E-state index contributed by atoms with van der Waals surface area (Å²) < 4.78 is 2.15. The first-order valence-corrected chi connectivity index (χ1v) is 5.83. The molecule has 0 fully saturated rings. The molecule has 2 aromatic rings. The Balaban J connectivity index is 2.97. The van der Waals surface area contributed by atoms with Crippen LogP contribution in [0, 0.1) is 0 Å². The van der Waals surface area contributed by atoms with E-state index in [-0.39, 0.29) is 10.9 Å². The standard InChI is InChI=1S/C11H10BrN3O3/c1-14(2)15-5-8(11(17)18)9(16)7-3-6(12)4-13-10(7)15/h3-5H,1-2H3,(H,17,18). The number of fused-ring (bicyclic) bond motifs is 1. The number of aromatic carboxylic acids is 1. The van der Waals surface area contributed by atoms with Gasteiger partial charge in [-0.25, -0.2) is 14.5 Å². The Labute approximate surface area is 111 Å². The maximum atomic E-state index is 12.0. The van der Waals surface area contributed by atoms with Crippen molar-refractivity contribution in [2.45, 2.75) is 0 Å². The Kier molecular flexibility index (Phi) is 3.08. The van der Waals surface area contributed by atoms with E-state index >= 15 is 0 Å². The summed E-state index contributed by atoms with van der Waals surface area (Å²) in [7, 11) is 3.47. The number of rotatable bonds is 2. The van der Waals surface area contributed by atoms with E-state index in [9.17, 15) is 9.59 Å². The lowest BCUT2D eigenvalue weighted by molar-refractivity contribution is 0.0695. The van der Waals surface area contributed by atoms with Gasteiger partial charge in [-0.05, 0) is 22.0 Å². The molecule has 0 aliphatic rings. The van der Waals surface area contributed by atoms with Gasteiger partial charge in [0, 0.05) is 31.0 Å². The van der Waals surface area contributed by atoms with Crippen molar-refractivity contribution in [3.8, 4) is 0 Å². The molecule has 0 unspecified atom stereocenters. The second-order valence-electron chi connectivity index (χ2n) is 3.89. The highest BCUT2D eigenvalue weighted by Crippen LogP contribution is 2.15. The van der Waals surface area contributed by atoms with Crippen LogP contribution in [0.25, 0.3) is 11.0 Å². The van der Waals surface area contributed by atoms with Gasteiger partial charge in [0.25, 0.3) is 0 Å². The number of carbonyl (C=O) groups is 1. The SMILES string of the molecule is CN(C)n1cc(C(=O)O)c(=O)c2cc(Br)cnc21. The normalized spacial score (nSPS) is 10.6. The lowest BCUT2D eigenvalue weighted by atomic mass is 10.2. The van der Waals surface area contributed by atoms with Crippen LogP contribution in [0.5, 0.6) is 0 Å². The van der Waals surface area contributed by atoms with Gasteiger partial charge in [0.2, 0.25) is 5.43 Å². The Morgan fingerprint density at radius 3 is 2.72 bits per heavy atom. The number of pyridine rings is 2. The van der Waals surface area contributed by atoms with Gasteiger partial charge in [-0.3, -0.25) is 4.79 Å². The second-order valence-corrected chi connectivity index (χ2v) is 4.81. The third-order valence-corrected chi connectivity index (χ3v) is 2.89. The van der Waals surface area contributed by atoms with Crippen molar-refractivity contribution in [3.05, 3.63) is 38.7 Å². The summed E-state index contributed by atoms with van der Waals surface area (Å²) in [4.78, 5) is 27.2. The van der Waals surface area contributed by atoms with Gasteiger partial charge >= 0.3 is 5.97 Å². The largest absolute Gasteiger partial charge is 0.477 e. The average molecular weight is 312 g/mol. The maximum Gasteiger partial charge on any atom is 0.341 e. The fourth-order valence-corrected chi connectivity index (χ4v) is 1.96. The number of aromatic nitrogens is 2. The average Bonchev–Trinajstić information content (AvgIpc) is 2.29. The minimum absolute atomic E-state index is 0.262. The molecule has 0 bridgehead atoms. The van der Waals surface area contributed by atoms with E-state index in [0.717, 1.165) is 0 Å². The van der Waals surface area contributed by atoms with Gasteiger partial charge < -0.3 is 10.1 Å². The molecule has 1 N–H and O–H groups in total. The van der Waals surface area contributed by atoms with Gasteiger partial charge in [0.05, 0.1) is 5.39 Å². The first-order chi connectivity index (χ1) is 8.41. The monoisotopic (exact) mass is 311 g/mol. The molecular formula is C11H10BrN3O3. The van der Waals surface area contributed by atoms with Crippen molar-refractivity contribution in [1.82, 2.24) is 9.66 Å². The molecule has 2 aromatic heterocycles. The molecule has 0 atom stereocenters. The number of hydrogen-bond acceptors (Lipinski definition) is 4. The first kappa shape index (κ1) is 12.6. The van der Waals surface area contributed by atoms with Gasteiger partial charge in [-0.15, -0.1) is 0 Å². The van der Waals surface area contributed by atoms with Gasteiger partial charge in [-0.2, -0.15) is 0 Å². The molecule has 0 spiro atoms. The van der Waals surface area contributed by atoms with E-state index in [4.69, 9.17) is 5.11 Å². The van der Waals surface area contributed by atoms with Gasteiger partial charge in [0.15, 0.2) is 5.65 Å². The molecule has 0 saturated carbocycles.